The number of anilines is 3. The SMILES string of the molecule is Nc1nc(NC(=O)CCC(=O)O)c2cc(NC[C]3[CH][CH][CH][CH]3)ccc2n1. The monoisotopic (exact) mass is 352 g/mol. The van der Waals surface area contributed by atoms with Gasteiger partial charge in [0.2, 0.25) is 11.9 Å². The second-order valence-corrected chi connectivity index (χ2v) is 5.75. The van der Waals surface area contributed by atoms with Gasteiger partial charge in [0.15, 0.2) is 0 Å². The fraction of sp³-hybridized carbons (Fsp3) is 0.167. The number of nitrogens with two attached hydrogens (primary N) is 1. The molecular formula is C18H18N5O3. The van der Waals surface area contributed by atoms with Crippen molar-refractivity contribution in [2.45, 2.75) is 12.8 Å². The van der Waals surface area contributed by atoms with Gasteiger partial charge in [-0.1, -0.05) is 0 Å². The number of carboxylic acids is 1. The van der Waals surface area contributed by atoms with Gasteiger partial charge in [0.05, 0.1) is 11.9 Å². The minimum atomic E-state index is -1.04. The van der Waals surface area contributed by atoms with Gasteiger partial charge in [-0.3, -0.25) is 9.59 Å². The van der Waals surface area contributed by atoms with Crippen LogP contribution in [0.2, 0.25) is 0 Å². The van der Waals surface area contributed by atoms with Crippen LogP contribution in [0, 0.1) is 31.6 Å². The molecule has 1 saturated carbocycles. The van der Waals surface area contributed by atoms with Gasteiger partial charge in [-0.15, -0.1) is 0 Å². The first kappa shape index (κ1) is 17.9. The van der Waals surface area contributed by atoms with Gasteiger partial charge in [-0.2, -0.15) is 4.98 Å². The lowest BCUT2D eigenvalue weighted by Crippen LogP contribution is -2.15. The number of benzene rings is 1. The number of carbonyl (C=O) groups is 2. The highest BCUT2D eigenvalue weighted by atomic mass is 16.4. The molecular weight excluding hydrogens is 334 g/mol. The maximum Gasteiger partial charge on any atom is 0.303 e. The molecule has 1 aromatic heterocycles. The number of aliphatic carboxylic acids is 1. The molecule has 1 aliphatic carbocycles. The van der Waals surface area contributed by atoms with Crippen LogP contribution in [-0.2, 0) is 9.59 Å². The van der Waals surface area contributed by atoms with E-state index < -0.39 is 11.9 Å². The van der Waals surface area contributed by atoms with Crippen LogP contribution in [-0.4, -0.2) is 33.5 Å². The van der Waals surface area contributed by atoms with Crippen molar-refractivity contribution in [3.8, 4) is 0 Å². The third kappa shape index (κ3) is 4.59. The van der Waals surface area contributed by atoms with Crippen molar-refractivity contribution in [2.24, 2.45) is 0 Å². The number of carboxylic acid groups (broad SMARTS) is 1. The molecule has 1 fully saturated rings. The molecule has 1 heterocycles. The van der Waals surface area contributed by atoms with Gasteiger partial charge in [0.25, 0.3) is 0 Å². The second kappa shape index (κ2) is 7.99. The van der Waals surface area contributed by atoms with Crippen molar-refractivity contribution in [3.63, 3.8) is 0 Å². The predicted molar refractivity (Wildman–Crippen MR) is 98.4 cm³/mol. The summed E-state index contributed by atoms with van der Waals surface area (Å²) < 4.78 is 0. The molecule has 26 heavy (non-hydrogen) atoms. The molecule has 1 amide bonds. The molecule has 8 heteroatoms. The van der Waals surface area contributed by atoms with Gasteiger partial charge in [0, 0.05) is 30.0 Å². The average Bonchev–Trinajstić information content (AvgIpc) is 3.12. The Morgan fingerprint density at radius 3 is 2.62 bits per heavy atom. The fourth-order valence-electron chi connectivity index (χ4n) is 2.50. The molecule has 2 aromatic rings. The van der Waals surface area contributed by atoms with E-state index in [2.05, 4.69) is 20.6 Å². The Kier molecular flexibility index (Phi) is 5.50. The lowest BCUT2D eigenvalue weighted by Gasteiger charge is -2.13. The lowest BCUT2D eigenvalue weighted by atomic mass is 10.1. The van der Waals surface area contributed by atoms with Crippen LogP contribution in [0.25, 0.3) is 10.9 Å². The summed E-state index contributed by atoms with van der Waals surface area (Å²) in [5.41, 5.74) is 7.13. The first-order valence-corrected chi connectivity index (χ1v) is 8.04. The number of nitrogen functional groups attached to an aromatic ring is 1. The van der Waals surface area contributed by atoms with Crippen LogP contribution >= 0.6 is 0 Å². The lowest BCUT2D eigenvalue weighted by molar-refractivity contribution is -0.138. The van der Waals surface area contributed by atoms with Crippen LogP contribution in [0.3, 0.4) is 0 Å². The van der Waals surface area contributed by atoms with E-state index in [9.17, 15) is 9.59 Å². The zero-order chi connectivity index (χ0) is 18.5. The molecule has 0 unspecified atom stereocenters. The number of fused-ring (bicyclic) bond motifs is 1. The third-order valence-electron chi connectivity index (χ3n) is 3.77. The molecule has 3 rings (SSSR count). The van der Waals surface area contributed by atoms with E-state index in [1.165, 1.54) is 0 Å². The zero-order valence-electron chi connectivity index (χ0n) is 13.9. The van der Waals surface area contributed by atoms with Gasteiger partial charge in [-0.05, 0) is 43.9 Å². The molecule has 133 valence electrons. The molecule has 0 spiro atoms. The summed E-state index contributed by atoms with van der Waals surface area (Å²) in [6.45, 7) is 0.661. The van der Waals surface area contributed by atoms with Crippen molar-refractivity contribution in [1.82, 2.24) is 9.97 Å². The molecule has 5 N–H and O–H groups in total. The van der Waals surface area contributed by atoms with Crippen molar-refractivity contribution in [2.75, 3.05) is 22.9 Å². The first-order chi connectivity index (χ1) is 12.5. The van der Waals surface area contributed by atoms with Crippen molar-refractivity contribution in [3.05, 3.63) is 49.8 Å². The molecule has 1 aliphatic rings. The van der Waals surface area contributed by atoms with Crippen molar-refractivity contribution in [1.29, 1.82) is 0 Å². The summed E-state index contributed by atoms with van der Waals surface area (Å²) in [5.74, 6) is -0.0302. The largest absolute Gasteiger partial charge is 0.481 e. The summed E-state index contributed by atoms with van der Waals surface area (Å²) in [4.78, 5) is 30.8. The molecule has 0 bridgehead atoms. The molecule has 5 radical (unpaired) electrons. The topological polar surface area (TPSA) is 130 Å². The van der Waals surface area contributed by atoms with Crippen molar-refractivity contribution >= 4 is 40.2 Å². The van der Waals surface area contributed by atoms with Crippen LogP contribution in [0.5, 0.6) is 0 Å². The minimum Gasteiger partial charge on any atom is -0.481 e. The van der Waals surface area contributed by atoms with Gasteiger partial charge >= 0.3 is 5.97 Å². The Hall–Kier alpha value is -2.90. The summed E-state index contributed by atoms with van der Waals surface area (Å²) >= 11 is 0. The van der Waals surface area contributed by atoms with E-state index in [1.807, 2.05) is 37.8 Å². The highest BCUT2D eigenvalue weighted by Crippen LogP contribution is 2.27. The van der Waals surface area contributed by atoms with Crippen LogP contribution in [0.15, 0.2) is 18.2 Å². The van der Waals surface area contributed by atoms with Crippen molar-refractivity contribution < 1.29 is 14.7 Å². The average molecular weight is 352 g/mol. The summed E-state index contributed by atoms with van der Waals surface area (Å²) in [5, 5.41) is 15.2. The number of hydrogen-bond donors (Lipinski definition) is 4. The molecule has 8 nitrogen and oxygen atoms in total. The normalized spacial score (nSPS) is 14.5. The van der Waals surface area contributed by atoms with E-state index >= 15 is 0 Å². The Balaban J connectivity index is 1.78. The van der Waals surface area contributed by atoms with Crippen LogP contribution < -0.4 is 16.4 Å². The summed E-state index contributed by atoms with van der Waals surface area (Å²) in [6.07, 6.45) is 7.59. The van der Waals surface area contributed by atoms with Gasteiger partial charge in [-0.25, -0.2) is 4.98 Å². The number of hydrogen-bond acceptors (Lipinski definition) is 6. The zero-order valence-corrected chi connectivity index (χ0v) is 13.9. The predicted octanol–water partition coefficient (Wildman–Crippen LogP) is 1.83. The van der Waals surface area contributed by atoms with E-state index in [0.717, 1.165) is 11.6 Å². The maximum absolute atomic E-state index is 11.9. The Morgan fingerprint density at radius 2 is 1.88 bits per heavy atom. The molecule has 0 atom stereocenters. The van der Waals surface area contributed by atoms with Gasteiger partial charge in [0.1, 0.15) is 5.82 Å². The maximum atomic E-state index is 11.9. The number of nitrogens with zero attached hydrogens (tertiary/aromatic N) is 2. The smallest absolute Gasteiger partial charge is 0.303 e. The minimum absolute atomic E-state index is 0.0310. The fourth-order valence-corrected chi connectivity index (χ4v) is 2.50. The van der Waals surface area contributed by atoms with E-state index in [0.29, 0.717) is 17.4 Å². The number of aromatic nitrogens is 2. The first-order valence-electron chi connectivity index (χ1n) is 8.04. The molecule has 0 aliphatic heterocycles. The molecule has 1 aromatic carbocycles. The number of nitrogens with one attached hydrogen (secondary N) is 2. The Labute approximate surface area is 151 Å². The quantitative estimate of drug-likeness (QED) is 0.598. The van der Waals surface area contributed by atoms with E-state index in [-0.39, 0.29) is 24.6 Å². The third-order valence-corrected chi connectivity index (χ3v) is 3.77. The van der Waals surface area contributed by atoms with Crippen LogP contribution in [0.1, 0.15) is 12.8 Å². The van der Waals surface area contributed by atoms with Gasteiger partial charge < -0.3 is 21.5 Å². The Bertz CT molecular complexity index is 818. The standard InChI is InChI=1S/C18H18N5O3/c19-18-21-14-6-5-12(20-10-11-3-1-2-4-11)9-13(14)17(23-18)22-15(24)7-8-16(25)26/h1-6,9,20H,7-8,10H2,(H,25,26)(H3,19,21,22,23,24). The highest BCUT2D eigenvalue weighted by Gasteiger charge is 2.17. The highest BCUT2D eigenvalue weighted by molar-refractivity contribution is 6.01. The number of amides is 1. The second-order valence-electron chi connectivity index (χ2n) is 5.75. The Morgan fingerprint density at radius 1 is 1.12 bits per heavy atom. The van der Waals surface area contributed by atoms with E-state index in [4.69, 9.17) is 10.8 Å². The summed E-state index contributed by atoms with van der Waals surface area (Å²) in [6, 6.07) is 5.48. The van der Waals surface area contributed by atoms with Crippen LogP contribution in [0.4, 0.5) is 17.5 Å². The van der Waals surface area contributed by atoms with E-state index in [1.54, 1.807) is 6.07 Å². The number of carbonyl (C=O) groups excluding carboxylic acids is 1. The molecule has 0 saturated heterocycles. The number of rotatable bonds is 7. The summed E-state index contributed by atoms with van der Waals surface area (Å²) in [7, 11) is 0.